The molecule has 0 heteroatoms. The summed E-state index contributed by atoms with van der Waals surface area (Å²) in [6.45, 7) is 16.0. The number of hydrogen-bond acceptors (Lipinski definition) is 0. The predicted molar refractivity (Wildman–Crippen MR) is 73.4 cm³/mol. The monoisotopic (exact) mass is 218 g/mol. The van der Waals surface area contributed by atoms with Crippen molar-refractivity contribution >= 4 is 0 Å². The molecular formula is C16H26. The fourth-order valence-electron chi connectivity index (χ4n) is 2.32. The largest absolute Gasteiger partial charge is 0.0587 e. The van der Waals surface area contributed by atoms with E-state index >= 15 is 0 Å². The zero-order chi connectivity index (χ0) is 12.5. The fourth-order valence-corrected chi connectivity index (χ4v) is 2.32. The molecule has 0 aliphatic heterocycles. The maximum absolute atomic E-state index is 2.40. The van der Waals surface area contributed by atoms with Crippen molar-refractivity contribution in [3.05, 3.63) is 34.4 Å². The van der Waals surface area contributed by atoms with Crippen LogP contribution in [0.4, 0.5) is 0 Å². The van der Waals surface area contributed by atoms with E-state index in [9.17, 15) is 0 Å². The topological polar surface area (TPSA) is 0 Å². The molecule has 90 valence electrons. The summed E-state index contributed by atoms with van der Waals surface area (Å²) < 4.78 is 0. The van der Waals surface area contributed by atoms with Crippen LogP contribution in [0.3, 0.4) is 0 Å². The second-order valence-corrected chi connectivity index (χ2v) is 5.79. The van der Waals surface area contributed by atoms with Gasteiger partial charge in [-0.3, -0.25) is 0 Å². The molecule has 0 aromatic heterocycles. The first kappa shape index (κ1) is 13.3. The molecule has 0 saturated heterocycles. The van der Waals surface area contributed by atoms with Crippen molar-refractivity contribution < 1.29 is 0 Å². The van der Waals surface area contributed by atoms with Gasteiger partial charge >= 0.3 is 0 Å². The number of hydrogen-bond donors (Lipinski definition) is 0. The highest BCUT2D eigenvalue weighted by atomic mass is 14.2. The first-order chi connectivity index (χ1) is 7.34. The number of benzene rings is 1. The van der Waals surface area contributed by atoms with Crippen molar-refractivity contribution in [3.63, 3.8) is 0 Å². The lowest BCUT2D eigenvalue weighted by Crippen LogP contribution is -2.03. The van der Waals surface area contributed by atoms with E-state index in [1.165, 1.54) is 22.3 Å². The molecule has 0 aliphatic carbocycles. The van der Waals surface area contributed by atoms with Crippen LogP contribution in [0.25, 0.3) is 0 Å². The van der Waals surface area contributed by atoms with Gasteiger partial charge < -0.3 is 0 Å². The Labute approximate surface area is 101 Å². The highest BCUT2D eigenvalue weighted by Crippen LogP contribution is 2.31. The standard InChI is InChI=1S/C16H26/c1-10(2)14-8-15(11(3)4)13(7)16(9-14)12(5)6/h8-12H,1-7H3. The fraction of sp³-hybridized carbons (Fsp3) is 0.625. The average Bonchev–Trinajstić information content (AvgIpc) is 2.16. The molecule has 0 atom stereocenters. The van der Waals surface area contributed by atoms with E-state index < -0.39 is 0 Å². The SMILES string of the molecule is Cc1c(C(C)C)cc(C(C)C)cc1C(C)C. The van der Waals surface area contributed by atoms with Crippen LogP contribution in [0.15, 0.2) is 12.1 Å². The lowest BCUT2D eigenvalue weighted by molar-refractivity contribution is 0.792. The Morgan fingerprint density at radius 2 is 1.06 bits per heavy atom. The van der Waals surface area contributed by atoms with Crippen LogP contribution in [0, 0.1) is 6.92 Å². The van der Waals surface area contributed by atoms with E-state index in [-0.39, 0.29) is 0 Å². The van der Waals surface area contributed by atoms with E-state index in [2.05, 4.69) is 60.6 Å². The first-order valence-electron chi connectivity index (χ1n) is 6.48. The van der Waals surface area contributed by atoms with Gasteiger partial charge in [-0.15, -0.1) is 0 Å². The summed E-state index contributed by atoms with van der Waals surface area (Å²) in [6.07, 6.45) is 0. The minimum Gasteiger partial charge on any atom is -0.0587 e. The van der Waals surface area contributed by atoms with Gasteiger partial charge in [0.2, 0.25) is 0 Å². The smallest absolute Gasteiger partial charge is 0.0216 e. The van der Waals surface area contributed by atoms with E-state index in [1.807, 2.05) is 0 Å². The summed E-state index contributed by atoms with van der Waals surface area (Å²) in [6, 6.07) is 4.80. The lowest BCUT2D eigenvalue weighted by atomic mass is 9.85. The summed E-state index contributed by atoms with van der Waals surface area (Å²) in [4.78, 5) is 0. The third-order valence-electron chi connectivity index (χ3n) is 3.42. The molecule has 0 spiro atoms. The van der Waals surface area contributed by atoms with Crippen molar-refractivity contribution in [1.29, 1.82) is 0 Å². The average molecular weight is 218 g/mol. The molecule has 0 bridgehead atoms. The van der Waals surface area contributed by atoms with Crippen molar-refractivity contribution in [3.8, 4) is 0 Å². The van der Waals surface area contributed by atoms with Gasteiger partial charge in [0.05, 0.1) is 0 Å². The highest BCUT2D eigenvalue weighted by molar-refractivity contribution is 5.42. The van der Waals surface area contributed by atoms with Crippen molar-refractivity contribution in [2.24, 2.45) is 0 Å². The van der Waals surface area contributed by atoms with Crippen molar-refractivity contribution in [2.75, 3.05) is 0 Å². The van der Waals surface area contributed by atoms with Gasteiger partial charge in [-0.2, -0.15) is 0 Å². The minimum absolute atomic E-state index is 0.621. The summed E-state index contributed by atoms with van der Waals surface area (Å²) in [5.41, 5.74) is 6.03. The molecule has 0 nitrogen and oxygen atoms in total. The molecule has 0 heterocycles. The van der Waals surface area contributed by atoms with Crippen molar-refractivity contribution in [1.82, 2.24) is 0 Å². The van der Waals surface area contributed by atoms with Crippen LogP contribution >= 0.6 is 0 Å². The van der Waals surface area contributed by atoms with Gasteiger partial charge in [0, 0.05) is 0 Å². The van der Waals surface area contributed by atoms with Crippen molar-refractivity contribution in [2.45, 2.75) is 66.2 Å². The molecule has 0 N–H and O–H groups in total. The van der Waals surface area contributed by atoms with Gasteiger partial charge in [-0.05, 0) is 46.9 Å². The zero-order valence-electron chi connectivity index (χ0n) is 11.9. The van der Waals surface area contributed by atoms with E-state index in [0.29, 0.717) is 17.8 Å². The third-order valence-corrected chi connectivity index (χ3v) is 3.42. The molecule has 0 unspecified atom stereocenters. The van der Waals surface area contributed by atoms with Gasteiger partial charge in [-0.25, -0.2) is 0 Å². The Morgan fingerprint density at radius 3 is 1.31 bits per heavy atom. The Morgan fingerprint density at radius 1 is 0.688 bits per heavy atom. The Bertz CT molecular complexity index is 327. The van der Waals surface area contributed by atoms with E-state index in [0.717, 1.165) is 0 Å². The first-order valence-corrected chi connectivity index (χ1v) is 6.48. The third kappa shape index (κ3) is 2.66. The lowest BCUT2D eigenvalue weighted by Gasteiger charge is -2.20. The maximum Gasteiger partial charge on any atom is -0.0216 e. The summed E-state index contributed by atoms with van der Waals surface area (Å²) in [7, 11) is 0. The summed E-state index contributed by atoms with van der Waals surface area (Å²) in [5.74, 6) is 1.86. The summed E-state index contributed by atoms with van der Waals surface area (Å²) >= 11 is 0. The molecule has 1 aromatic carbocycles. The molecule has 0 saturated carbocycles. The normalized spacial score (nSPS) is 11.9. The molecule has 0 radical (unpaired) electrons. The van der Waals surface area contributed by atoms with E-state index in [1.54, 1.807) is 0 Å². The minimum atomic E-state index is 0.621. The predicted octanol–water partition coefficient (Wildman–Crippen LogP) is 5.37. The Hall–Kier alpha value is -0.780. The van der Waals surface area contributed by atoms with E-state index in [4.69, 9.17) is 0 Å². The Kier molecular flexibility index (Phi) is 4.18. The molecular weight excluding hydrogens is 192 g/mol. The molecule has 16 heavy (non-hydrogen) atoms. The summed E-state index contributed by atoms with van der Waals surface area (Å²) in [5, 5.41) is 0. The van der Waals surface area contributed by atoms with Gasteiger partial charge in [-0.1, -0.05) is 53.7 Å². The second kappa shape index (κ2) is 5.03. The Balaban J connectivity index is 3.39. The zero-order valence-corrected chi connectivity index (χ0v) is 11.9. The van der Waals surface area contributed by atoms with Crippen LogP contribution in [-0.2, 0) is 0 Å². The van der Waals surface area contributed by atoms with Crippen LogP contribution in [0.1, 0.15) is 81.5 Å². The maximum atomic E-state index is 2.40. The van der Waals surface area contributed by atoms with Gasteiger partial charge in [0.1, 0.15) is 0 Å². The second-order valence-electron chi connectivity index (χ2n) is 5.79. The van der Waals surface area contributed by atoms with Crippen LogP contribution in [0.2, 0.25) is 0 Å². The van der Waals surface area contributed by atoms with Gasteiger partial charge in [0.15, 0.2) is 0 Å². The molecule has 1 aromatic rings. The van der Waals surface area contributed by atoms with Crippen LogP contribution in [-0.4, -0.2) is 0 Å². The quantitative estimate of drug-likeness (QED) is 0.640. The van der Waals surface area contributed by atoms with Crippen LogP contribution in [0.5, 0.6) is 0 Å². The molecule has 0 amide bonds. The molecule has 0 aliphatic rings. The molecule has 1 rings (SSSR count). The number of rotatable bonds is 3. The van der Waals surface area contributed by atoms with Crippen LogP contribution < -0.4 is 0 Å². The highest BCUT2D eigenvalue weighted by Gasteiger charge is 2.13. The van der Waals surface area contributed by atoms with Gasteiger partial charge in [0.25, 0.3) is 0 Å². The molecule has 0 fully saturated rings.